The Morgan fingerprint density at radius 1 is 1.12 bits per heavy atom. The lowest BCUT2D eigenvalue weighted by Gasteiger charge is -2.13. The van der Waals surface area contributed by atoms with Gasteiger partial charge in [-0.25, -0.2) is 4.98 Å². The summed E-state index contributed by atoms with van der Waals surface area (Å²) in [6.07, 6.45) is 0. The van der Waals surface area contributed by atoms with Crippen LogP contribution in [0.15, 0.2) is 23.6 Å². The molecule has 0 radical (unpaired) electrons. The van der Waals surface area contributed by atoms with Gasteiger partial charge >= 0.3 is 0 Å². The van der Waals surface area contributed by atoms with Crippen LogP contribution in [0.4, 0.5) is 0 Å². The largest absolute Gasteiger partial charge is 0.504 e. The summed E-state index contributed by atoms with van der Waals surface area (Å²) in [6, 6.07) is 4.74. The van der Waals surface area contributed by atoms with E-state index in [9.17, 15) is 10.2 Å². The third kappa shape index (κ3) is 2.42. The van der Waals surface area contributed by atoms with Crippen molar-refractivity contribution >= 4 is 11.3 Å². The highest BCUT2D eigenvalue weighted by atomic mass is 32.1. The third-order valence-electron chi connectivity index (χ3n) is 2.42. The maximum Gasteiger partial charge on any atom is 0.158 e. The summed E-state index contributed by atoms with van der Waals surface area (Å²) in [4.78, 5) is 4.55. The second kappa shape index (κ2) is 4.04. The fourth-order valence-electron chi connectivity index (χ4n) is 1.43. The van der Waals surface area contributed by atoms with Gasteiger partial charge in [0.15, 0.2) is 11.5 Å². The summed E-state index contributed by atoms with van der Waals surface area (Å²) in [5.74, 6) is -0.229. The lowest BCUT2D eigenvalue weighted by molar-refractivity contribution is 0.404. The zero-order valence-corrected chi connectivity index (χ0v) is 10.9. The number of nitrogens with zero attached hydrogens (tertiary/aromatic N) is 1. The van der Waals surface area contributed by atoms with Gasteiger partial charge in [0.05, 0.1) is 10.7 Å². The average Bonchev–Trinajstić information content (AvgIpc) is 2.70. The smallest absolute Gasteiger partial charge is 0.158 e. The molecule has 0 aliphatic carbocycles. The summed E-state index contributed by atoms with van der Waals surface area (Å²) < 4.78 is 0. The van der Waals surface area contributed by atoms with Crippen molar-refractivity contribution in [2.45, 2.75) is 26.2 Å². The van der Waals surface area contributed by atoms with Gasteiger partial charge in [0, 0.05) is 16.4 Å². The average molecular weight is 249 g/mol. The molecule has 1 aromatic heterocycles. The molecule has 0 atom stereocenters. The Bertz CT molecular complexity index is 541. The molecule has 0 bridgehead atoms. The van der Waals surface area contributed by atoms with E-state index in [2.05, 4.69) is 25.8 Å². The maximum absolute atomic E-state index is 9.45. The summed E-state index contributed by atoms with van der Waals surface area (Å²) in [7, 11) is 0. The molecule has 0 spiro atoms. The molecule has 2 aromatic rings. The van der Waals surface area contributed by atoms with Crippen molar-refractivity contribution in [2.24, 2.45) is 0 Å². The number of benzene rings is 1. The Hall–Kier alpha value is -1.55. The van der Waals surface area contributed by atoms with Crippen molar-refractivity contribution in [2.75, 3.05) is 0 Å². The summed E-state index contributed by atoms with van der Waals surface area (Å²) in [6.45, 7) is 6.34. The van der Waals surface area contributed by atoms with E-state index in [1.54, 1.807) is 17.4 Å². The first kappa shape index (κ1) is 11.9. The van der Waals surface area contributed by atoms with Gasteiger partial charge in [0.25, 0.3) is 0 Å². The van der Waals surface area contributed by atoms with Crippen LogP contribution in [0.25, 0.3) is 11.3 Å². The van der Waals surface area contributed by atoms with E-state index < -0.39 is 0 Å². The molecule has 2 rings (SSSR count). The Labute approximate surface area is 104 Å². The van der Waals surface area contributed by atoms with Crippen molar-refractivity contribution < 1.29 is 10.2 Å². The standard InChI is InChI=1S/C13H15NO2S/c1-13(2,3)12-14-9(7-17-12)8-4-5-10(15)11(16)6-8/h4-7,15-16H,1-3H3. The maximum atomic E-state index is 9.45. The predicted octanol–water partition coefficient (Wildman–Crippen LogP) is 3.52. The zero-order valence-electron chi connectivity index (χ0n) is 10.1. The van der Waals surface area contributed by atoms with Crippen LogP contribution >= 0.6 is 11.3 Å². The predicted molar refractivity (Wildman–Crippen MR) is 69.6 cm³/mol. The lowest BCUT2D eigenvalue weighted by Crippen LogP contribution is -2.10. The highest BCUT2D eigenvalue weighted by Crippen LogP contribution is 2.33. The van der Waals surface area contributed by atoms with E-state index in [1.165, 1.54) is 12.1 Å². The van der Waals surface area contributed by atoms with Gasteiger partial charge in [-0.15, -0.1) is 11.3 Å². The molecule has 0 unspecified atom stereocenters. The number of aromatic nitrogens is 1. The fourth-order valence-corrected chi connectivity index (χ4v) is 2.35. The van der Waals surface area contributed by atoms with E-state index in [1.807, 2.05) is 5.38 Å². The van der Waals surface area contributed by atoms with Crippen molar-refractivity contribution in [3.05, 3.63) is 28.6 Å². The van der Waals surface area contributed by atoms with Crippen LogP contribution in [0, 0.1) is 0 Å². The van der Waals surface area contributed by atoms with Crippen LogP contribution in [0.5, 0.6) is 11.5 Å². The van der Waals surface area contributed by atoms with Gasteiger partial charge in [-0.1, -0.05) is 20.8 Å². The van der Waals surface area contributed by atoms with Crippen molar-refractivity contribution in [3.63, 3.8) is 0 Å². The van der Waals surface area contributed by atoms with Crippen LogP contribution in [-0.4, -0.2) is 15.2 Å². The SMILES string of the molecule is CC(C)(C)c1nc(-c2ccc(O)c(O)c2)cs1. The minimum Gasteiger partial charge on any atom is -0.504 e. The summed E-state index contributed by atoms with van der Waals surface area (Å²) in [5, 5.41) is 21.7. The highest BCUT2D eigenvalue weighted by molar-refractivity contribution is 7.10. The van der Waals surface area contributed by atoms with E-state index in [4.69, 9.17) is 0 Å². The van der Waals surface area contributed by atoms with E-state index in [0.717, 1.165) is 16.3 Å². The lowest BCUT2D eigenvalue weighted by atomic mass is 9.98. The number of aromatic hydroxyl groups is 2. The first-order chi connectivity index (χ1) is 7.88. The van der Waals surface area contributed by atoms with Gasteiger partial charge in [-0.2, -0.15) is 0 Å². The van der Waals surface area contributed by atoms with Crippen LogP contribution in [0.1, 0.15) is 25.8 Å². The molecule has 17 heavy (non-hydrogen) atoms. The molecule has 0 aliphatic rings. The van der Waals surface area contributed by atoms with E-state index >= 15 is 0 Å². The van der Waals surface area contributed by atoms with E-state index in [0.29, 0.717) is 0 Å². The summed E-state index contributed by atoms with van der Waals surface area (Å²) >= 11 is 1.61. The minimum atomic E-state index is -0.118. The second-order valence-electron chi connectivity index (χ2n) is 4.99. The summed E-state index contributed by atoms with van der Waals surface area (Å²) in [5.41, 5.74) is 1.67. The molecule has 1 aromatic carbocycles. The molecule has 2 N–H and O–H groups in total. The first-order valence-corrected chi connectivity index (χ1v) is 6.24. The Balaban J connectivity index is 2.40. The first-order valence-electron chi connectivity index (χ1n) is 5.36. The number of hydrogen-bond acceptors (Lipinski definition) is 4. The van der Waals surface area contributed by atoms with Crippen LogP contribution < -0.4 is 0 Å². The number of phenolic OH excluding ortho intramolecular Hbond substituents is 2. The molecule has 1 heterocycles. The molecule has 0 fully saturated rings. The normalized spacial score (nSPS) is 11.7. The van der Waals surface area contributed by atoms with Crippen LogP contribution in [0.2, 0.25) is 0 Å². The van der Waals surface area contributed by atoms with Crippen molar-refractivity contribution in [3.8, 4) is 22.8 Å². The number of phenols is 2. The number of thiazole rings is 1. The molecule has 0 saturated heterocycles. The Morgan fingerprint density at radius 2 is 1.82 bits per heavy atom. The van der Waals surface area contributed by atoms with Gasteiger partial charge in [-0.3, -0.25) is 0 Å². The van der Waals surface area contributed by atoms with Crippen LogP contribution in [-0.2, 0) is 5.41 Å². The topological polar surface area (TPSA) is 53.4 Å². The fraction of sp³-hybridized carbons (Fsp3) is 0.308. The number of rotatable bonds is 1. The molecular formula is C13H15NO2S. The van der Waals surface area contributed by atoms with Gasteiger partial charge in [0.1, 0.15) is 0 Å². The monoisotopic (exact) mass is 249 g/mol. The third-order valence-corrected chi connectivity index (χ3v) is 3.68. The molecule has 0 aliphatic heterocycles. The van der Waals surface area contributed by atoms with Gasteiger partial charge < -0.3 is 10.2 Å². The number of hydrogen-bond donors (Lipinski definition) is 2. The minimum absolute atomic E-state index is 0.0296. The van der Waals surface area contributed by atoms with Gasteiger partial charge in [-0.05, 0) is 18.2 Å². The van der Waals surface area contributed by atoms with Crippen molar-refractivity contribution in [1.82, 2.24) is 4.98 Å². The Morgan fingerprint density at radius 3 is 2.35 bits per heavy atom. The quantitative estimate of drug-likeness (QED) is 0.760. The molecule has 90 valence electrons. The zero-order chi connectivity index (χ0) is 12.6. The highest BCUT2D eigenvalue weighted by Gasteiger charge is 2.18. The van der Waals surface area contributed by atoms with Crippen molar-refractivity contribution in [1.29, 1.82) is 0 Å². The van der Waals surface area contributed by atoms with Crippen LogP contribution in [0.3, 0.4) is 0 Å². The Kier molecular flexibility index (Phi) is 2.83. The second-order valence-corrected chi connectivity index (χ2v) is 5.85. The molecule has 4 heteroatoms. The molecule has 3 nitrogen and oxygen atoms in total. The van der Waals surface area contributed by atoms with Gasteiger partial charge in [0.2, 0.25) is 0 Å². The molecule has 0 saturated carbocycles. The molecule has 0 amide bonds. The molecular weight excluding hydrogens is 234 g/mol. The van der Waals surface area contributed by atoms with E-state index in [-0.39, 0.29) is 16.9 Å².